The average Bonchev–Trinajstić information content (AvgIpc) is 2.99. The van der Waals surface area contributed by atoms with Crippen molar-refractivity contribution in [2.45, 2.75) is 38.5 Å². The Balaban J connectivity index is 1.77. The van der Waals surface area contributed by atoms with Gasteiger partial charge in [-0.25, -0.2) is 4.98 Å². The summed E-state index contributed by atoms with van der Waals surface area (Å²) in [5, 5.41) is 11.8. The lowest BCUT2D eigenvalue weighted by molar-refractivity contribution is -0.137. The van der Waals surface area contributed by atoms with Gasteiger partial charge in [0.1, 0.15) is 5.75 Å². The number of carboxylic acids is 1. The van der Waals surface area contributed by atoms with E-state index in [0.717, 1.165) is 54.1 Å². The summed E-state index contributed by atoms with van der Waals surface area (Å²) >= 11 is 1.69. The smallest absolute Gasteiger partial charge is 0.303 e. The quantitative estimate of drug-likeness (QED) is 0.696. The summed E-state index contributed by atoms with van der Waals surface area (Å²) in [6, 6.07) is 7.92. The predicted molar refractivity (Wildman–Crippen MR) is 88.5 cm³/mol. The van der Waals surface area contributed by atoms with Crippen LogP contribution in [0.5, 0.6) is 5.75 Å². The van der Waals surface area contributed by atoms with Gasteiger partial charge in [0.25, 0.3) is 0 Å². The highest BCUT2D eigenvalue weighted by atomic mass is 32.1. The van der Waals surface area contributed by atoms with Gasteiger partial charge < -0.3 is 9.84 Å². The van der Waals surface area contributed by atoms with E-state index in [1.807, 2.05) is 24.3 Å². The highest BCUT2D eigenvalue weighted by molar-refractivity contribution is 7.09. The molecule has 5 heteroatoms. The van der Waals surface area contributed by atoms with Crippen LogP contribution in [0.3, 0.4) is 0 Å². The second-order valence-electron chi connectivity index (χ2n) is 5.16. The van der Waals surface area contributed by atoms with Crippen molar-refractivity contribution < 1.29 is 14.6 Å². The van der Waals surface area contributed by atoms with E-state index in [4.69, 9.17) is 9.84 Å². The maximum atomic E-state index is 10.4. The largest absolute Gasteiger partial charge is 0.497 e. The van der Waals surface area contributed by atoms with Crippen LogP contribution in [0.2, 0.25) is 0 Å². The normalized spacial score (nSPS) is 10.6. The van der Waals surface area contributed by atoms with Crippen molar-refractivity contribution in [3.8, 4) is 17.0 Å². The third-order valence-electron chi connectivity index (χ3n) is 3.47. The lowest BCUT2D eigenvalue weighted by atomic mass is 10.1. The molecule has 0 aliphatic heterocycles. The average molecular weight is 319 g/mol. The molecule has 2 rings (SSSR count). The molecule has 0 saturated carbocycles. The molecule has 1 N–H and O–H groups in total. The minimum atomic E-state index is -0.705. The van der Waals surface area contributed by atoms with Crippen LogP contribution >= 0.6 is 11.3 Å². The van der Waals surface area contributed by atoms with E-state index in [9.17, 15) is 4.79 Å². The van der Waals surface area contributed by atoms with E-state index in [2.05, 4.69) is 10.4 Å². The Labute approximate surface area is 134 Å². The molecule has 1 heterocycles. The number of carboxylic acid groups (broad SMARTS) is 1. The fourth-order valence-corrected chi connectivity index (χ4v) is 3.08. The van der Waals surface area contributed by atoms with Crippen molar-refractivity contribution in [2.24, 2.45) is 0 Å². The first kappa shape index (κ1) is 16.5. The van der Waals surface area contributed by atoms with Crippen LogP contribution in [0.25, 0.3) is 11.3 Å². The summed E-state index contributed by atoms with van der Waals surface area (Å²) in [7, 11) is 1.66. The Bertz CT molecular complexity index is 592. The van der Waals surface area contributed by atoms with Gasteiger partial charge in [-0.15, -0.1) is 11.3 Å². The van der Waals surface area contributed by atoms with Crippen molar-refractivity contribution >= 4 is 17.3 Å². The minimum absolute atomic E-state index is 0.277. The lowest BCUT2D eigenvalue weighted by Gasteiger charge is -2.00. The Morgan fingerprint density at radius 1 is 1.18 bits per heavy atom. The summed E-state index contributed by atoms with van der Waals surface area (Å²) in [5.41, 5.74) is 2.11. The molecule has 0 bridgehead atoms. The molecule has 0 aliphatic carbocycles. The third kappa shape index (κ3) is 5.15. The van der Waals surface area contributed by atoms with Gasteiger partial charge >= 0.3 is 5.97 Å². The fourth-order valence-electron chi connectivity index (χ4n) is 2.23. The first-order valence-electron chi connectivity index (χ1n) is 7.49. The Kier molecular flexibility index (Phi) is 6.40. The second kappa shape index (κ2) is 8.54. The van der Waals surface area contributed by atoms with Crippen molar-refractivity contribution in [2.75, 3.05) is 7.11 Å². The van der Waals surface area contributed by atoms with Gasteiger partial charge in [-0.3, -0.25) is 4.79 Å². The monoisotopic (exact) mass is 319 g/mol. The van der Waals surface area contributed by atoms with Gasteiger partial charge in [-0.1, -0.05) is 12.8 Å². The summed E-state index contributed by atoms with van der Waals surface area (Å²) in [6.45, 7) is 0. The van der Waals surface area contributed by atoms with Crippen LogP contribution in [-0.2, 0) is 11.2 Å². The van der Waals surface area contributed by atoms with E-state index in [-0.39, 0.29) is 6.42 Å². The Morgan fingerprint density at radius 3 is 2.59 bits per heavy atom. The zero-order valence-electron chi connectivity index (χ0n) is 12.7. The second-order valence-corrected chi connectivity index (χ2v) is 6.11. The molecule has 1 aromatic carbocycles. The number of aromatic nitrogens is 1. The lowest BCUT2D eigenvalue weighted by Crippen LogP contribution is -1.93. The standard InChI is InChI=1S/C17H21NO3S/c1-21-14-10-8-13(9-11-14)15-12-22-16(18-15)6-4-2-3-5-7-17(19)20/h8-12H,2-7H2,1H3,(H,19,20). The van der Waals surface area contributed by atoms with Gasteiger partial charge in [0.05, 0.1) is 17.8 Å². The number of hydrogen-bond donors (Lipinski definition) is 1. The highest BCUT2D eigenvalue weighted by Crippen LogP contribution is 2.25. The molecule has 0 spiro atoms. The zero-order valence-corrected chi connectivity index (χ0v) is 13.6. The zero-order chi connectivity index (χ0) is 15.8. The molecule has 0 unspecified atom stereocenters. The number of nitrogens with zero attached hydrogens (tertiary/aromatic N) is 1. The molecule has 0 atom stereocenters. The number of carbonyl (C=O) groups is 1. The molecule has 2 aromatic rings. The number of rotatable bonds is 9. The molecule has 118 valence electrons. The molecule has 0 radical (unpaired) electrons. The van der Waals surface area contributed by atoms with Crippen molar-refractivity contribution in [1.82, 2.24) is 4.98 Å². The predicted octanol–water partition coefficient (Wildman–Crippen LogP) is 4.40. The summed E-state index contributed by atoms with van der Waals surface area (Å²) < 4.78 is 5.16. The molecule has 4 nitrogen and oxygen atoms in total. The number of benzene rings is 1. The van der Waals surface area contributed by atoms with Crippen molar-refractivity contribution in [1.29, 1.82) is 0 Å². The van der Waals surface area contributed by atoms with E-state index in [0.29, 0.717) is 0 Å². The van der Waals surface area contributed by atoms with Crippen molar-refractivity contribution in [3.05, 3.63) is 34.7 Å². The molecular formula is C17H21NO3S. The van der Waals surface area contributed by atoms with Crippen LogP contribution in [0.15, 0.2) is 29.6 Å². The number of methoxy groups -OCH3 is 1. The number of hydrogen-bond acceptors (Lipinski definition) is 4. The van der Waals surface area contributed by atoms with Crippen LogP contribution in [0, 0.1) is 0 Å². The Morgan fingerprint density at radius 2 is 1.91 bits per heavy atom. The first-order valence-corrected chi connectivity index (χ1v) is 8.37. The van der Waals surface area contributed by atoms with Gasteiger partial charge in [-0.05, 0) is 43.5 Å². The van der Waals surface area contributed by atoms with E-state index < -0.39 is 5.97 Å². The molecular weight excluding hydrogens is 298 g/mol. The van der Waals surface area contributed by atoms with E-state index in [1.165, 1.54) is 0 Å². The van der Waals surface area contributed by atoms with Crippen molar-refractivity contribution in [3.63, 3.8) is 0 Å². The summed E-state index contributed by atoms with van der Waals surface area (Å²) in [4.78, 5) is 15.1. The number of thiazole rings is 1. The van der Waals surface area contributed by atoms with Gasteiger partial charge in [0.15, 0.2) is 0 Å². The van der Waals surface area contributed by atoms with E-state index >= 15 is 0 Å². The number of aryl methyl sites for hydroxylation is 1. The van der Waals surface area contributed by atoms with E-state index in [1.54, 1.807) is 18.4 Å². The number of ether oxygens (including phenoxy) is 1. The van der Waals surface area contributed by atoms with Gasteiger partial charge in [-0.2, -0.15) is 0 Å². The maximum absolute atomic E-state index is 10.4. The molecule has 0 amide bonds. The molecule has 0 saturated heterocycles. The maximum Gasteiger partial charge on any atom is 0.303 e. The third-order valence-corrected chi connectivity index (χ3v) is 4.38. The summed E-state index contributed by atoms with van der Waals surface area (Å²) in [5.74, 6) is 0.143. The SMILES string of the molecule is COc1ccc(-c2csc(CCCCCCC(=O)O)n2)cc1. The molecule has 1 aromatic heterocycles. The van der Waals surface area contributed by atoms with Crippen LogP contribution < -0.4 is 4.74 Å². The topological polar surface area (TPSA) is 59.4 Å². The number of aliphatic carboxylic acids is 1. The first-order chi connectivity index (χ1) is 10.7. The highest BCUT2D eigenvalue weighted by Gasteiger charge is 2.05. The Hall–Kier alpha value is -1.88. The van der Waals surface area contributed by atoms with Gasteiger partial charge in [0, 0.05) is 17.4 Å². The van der Waals surface area contributed by atoms with Crippen LogP contribution in [0.1, 0.15) is 37.1 Å². The number of unbranched alkanes of at least 4 members (excludes halogenated alkanes) is 3. The summed E-state index contributed by atoms with van der Waals surface area (Å²) in [6.07, 6.45) is 5.11. The minimum Gasteiger partial charge on any atom is -0.497 e. The van der Waals surface area contributed by atoms with Gasteiger partial charge in [0.2, 0.25) is 0 Å². The van der Waals surface area contributed by atoms with Crippen LogP contribution in [-0.4, -0.2) is 23.2 Å². The fraction of sp³-hybridized carbons (Fsp3) is 0.412. The van der Waals surface area contributed by atoms with Crippen LogP contribution in [0.4, 0.5) is 0 Å². The molecule has 0 aliphatic rings. The molecule has 0 fully saturated rings. The molecule has 22 heavy (non-hydrogen) atoms.